The molecule has 3 aliphatic heterocycles. The Bertz CT molecular complexity index is 752. The Balaban J connectivity index is 1.82. The molecule has 3 saturated heterocycles. The van der Waals surface area contributed by atoms with Gasteiger partial charge in [-0.25, -0.2) is 14.4 Å². The van der Waals surface area contributed by atoms with Gasteiger partial charge < -0.3 is 38.5 Å². The molecule has 11 nitrogen and oxygen atoms in total. The van der Waals surface area contributed by atoms with Gasteiger partial charge in [-0.15, -0.1) is 0 Å². The highest BCUT2D eigenvalue weighted by Crippen LogP contribution is 2.43. The van der Waals surface area contributed by atoms with Crippen molar-refractivity contribution in [2.24, 2.45) is 0 Å². The van der Waals surface area contributed by atoms with Crippen molar-refractivity contribution in [2.75, 3.05) is 20.8 Å². The van der Waals surface area contributed by atoms with E-state index >= 15 is 0 Å². The van der Waals surface area contributed by atoms with Crippen LogP contribution in [0.2, 0.25) is 0 Å². The van der Waals surface area contributed by atoms with Crippen molar-refractivity contribution in [3.8, 4) is 0 Å². The van der Waals surface area contributed by atoms with E-state index in [4.69, 9.17) is 45.4 Å². The fourth-order valence-electron chi connectivity index (χ4n) is 3.94. The average molecular weight is 461 g/mol. The van der Waals surface area contributed by atoms with Crippen LogP contribution in [0.25, 0.3) is 0 Å². The molecule has 0 bridgehead atoms. The fraction of sp³-hybridized carbons (Fsp3) is 0.789. The first-order valence-electron chi connectivity index (χ1n) is 9.80. The minimum absolute atomic E-state index is 0.0163. The second-order valence-electron chi connectivity index (χ2n) is 8.56. The predicted molar refractivity (Wildman–Crippen MR) is 106 cm³/mol. The molecule has 0 unspecified atom stereocenters. The van der Waals surface area contributed by atoms with Crippen LogP contribution >= 0.6 is 12.2 Å². The van der Waals surface area contributed by atoms with E-state index in [2.05, 4.69) is 5.32 Å². The first kappa shape index (κ1) is 23.5. The number of carbonyl (C=O) groups is 3. The van der Waals surface area contributed by atoms with Gasteiger partial charge in [-0.05, 0) is 20.8 Å². The summed E-state index contributed by atoms with van der Waals surface area (Å²) in [7, 11) is 2.38. The average Bonchev–Trinajstić information content (AvgIpc) is 3.24. The van der Waals surface area contributed by atoms with Gasteiger partial charge in [-0.1, -0.05) is 0 Å². The zero-order chi connectivity index (χ0) is 23.0. The Labute approximate surface area is 184 Å². The van der Waals surface area contributed by atoms with E-state index in [0.29, 0.717) is 0 Å². The van der Waals surface area contributed by atoms with Gasteiger partial charge in [-0.3, -0.25) is 0 Å². The lowest BCUT2D eigenvalue weighted by Gasteiger charge is -2.32. The van der Waals surface area contributed by atoms with Gasteiger partial charge in [0.2, 0.25) is 0 Å². The standard InChI is InChI=1S/C19H27NO10S/c1-18(2,3)30-16(23)20-9(14(21)24-4)6-19(15(22)25-5)7-10-13(29-19)12-11(8-26-10)27-17(31)28-12/h9-13H,6-8H2,1-5H3,(H,20,23)/t9-,10+,11-,12-,13-,19+/m0/s1. The molecule has 3 heterocycles. The van der Waals surface area contributed by atoms with Crippen molar-refractivity contribution >= 4 is 35.5 Å². The molecule has 0 radical (unpaired) electrons. The molecular formula is C19H27NO10S. The molecule has 0 saturated carbocycles. The summed E-state index contributed by atoms with van der Waals surface area (Å²) in [6, 6.07) is -1.24. The van der Waals surface area contributed by atoms with Crippen LogP contribution in [-0.4, -0.2) is 85.8 Å². The first-order chi connectivity index (χ1) is 14.5. The maximum Gasteiger partial charge on any atom is 0.408 e. The SMILES string of the molecule is COC(=O)[C@H](C[C@]1(C(=O)OC)C[C@H]2OC[C@@H]3OC(=S)O[C@@H]3[C@H]2O1)NC(=O)OC(C)(C)C. The second-order valence-corrected chi connectivity index (χ2v) is 8.89. The van der Waals surface area contributed by atoms with Gasteiger partial charge in [-0.2, -0.15) is 0 Å². The van der Waals surface area contributed by atoms with Crippen LogP contribution in [0, 0.1) is 0 Å². The van der Waals surface area contributed by atoms with Gasteiger partial charge in [0, 0.05) is 25.1 Å². The lowest BCUT2D eigenvalue weighted by atomic mass is 9.89. The number of nitrogens with one attached hydrogen (secondary N) is 1. The largest absolute Gasteiger partial charge is 0.467 e. The molecule has 1 N–H and O–H groups in total. The summed E-state index contributed by atoms with van der Waals surface area (Å²) in [5.74, 6) is -1.49. The number of rotatable bonds is 5. The van der Waals surface area contributed by atoms with Crippen molar-refractivity contribution in [1.82, 2.24) is 5.32 Å². The third-order valence-electron chi connectivity index (χ3n) is 5.17. The van der Waals surface area contributed by atoms with Crippen molar-refractivity contribution < 1.29 is 47.5 Å². The van der Waals surface area contributed by atoms with Gasteiger partial charge in [0.05, 0.1) is 26.9 Å². The van der Waals surface area contributed by atoms with E-state index in [0.717, 1.165) is 0 Å². The minimum Gasteiger partial charge on any atom is -0.467 e. The monoisotopic (exact) mass is 461 g/mol. The van der Waals surface area contributed by atoms with E-state index in [-0.39, 0.29) is 24.7 Å². The third kappa shape index (κ3) is 5.01. The molecule has 3 rings (SSSR count). The van der Waals surface area contributed by atoms with Crippen molar-refractivity contribution in [2.45, 2.75) is 75.3 Å². The van der Waals surface area contributed by atoms with E-state index in [1.165, 1.54) is 14.2 Å². The molecular weight excluding hydrogens is 434 g/mol. The Kier molecular flexibility index (Phi) is 6.63. The van der Waals surface area contributed by atoms with Crippen LogP contribution in [0.15, 0.2) is 0 Å². The summed E-state index contributed by atoms with van der Waals surface area (Å²) in [4.78, 5) is 37.5. The number of amides is 1. The number of thiocarbonyl (C=S) groups is 1. The Morgan fingerprint density at radius 2 is 1.87 bits per heavy atom. The summed E-state index contributed by atoms with van der Waals surface area (Å²) >= 11 is 4.97. The Morgan fingerprint density at radius 3 is 2.48 bits per heavy atom. The summed E-state index contributed by atoms with van der Waals surface area (Å²) in [6.45, 7) is 5.26. The highest BCUT2D eigenvalue weighted by Gasteiger charge is 2.61. The number of methoxy groups -OCH3 is 2. The second kappa shape index (κ2) is 8.75. The molecule has 6 atom stereocenters. The number of fused-ring (bicyclic) bond motifs is 3. The Hall–Kier alpha value is -2.18. The van der Waals surface area contributed by atoms with E-state index in [9.17, 15) is 14.4 Å². The van der Waals surface area contributed by atoms with Crippen LogP contribution in [0.5, 0.6) is 0 Å². The van der Waals surface area contributed by atoms with E-state index in [1.807, 2.05) is 0 Å². The molecule has 12 heteroatoms. The van der Waals surface area contributed by atoms with Crippen molar-refractivity contribution in [3.63, 3.8) is 0 Å². The molecule has 31 heavy (non-hydrogen) atoms. The molecule has 0 aromatic heterocycles. The van der Waals surface area contributed by atoms with Gasteiger partial charge in [0.25, 0.3) is 0 Å². The molecule has 0 aromatic rings. The van der Waals surface area contributed by atoms with Gasteiger partial charge in [0.1, 0.15) is 17.7 Å². The van der Waals surface area contributed by atoms with Crippen molar-refractivity contribution in [1.29, 1.82) is 0 Å². The first-order valence-corrected chi connectivity index (χ1v) is 10.2. The summed E-state index contributed by atoms with van der Waals surface area (Å²) in [5, 5.41) is 2.43. The maximum absolute atomic E-state index is 12.8. The quantitative estimate of drug-likeness (QED) is 0.351. The topological polar surface area (TPSA) is 128 Å². The molecule has 1 amide bonds. The van der Waals surface area contributed by atoms with Crippen molar-refractivity contribution in [3.05, 3.63) is 0 Å². The molecule has 3 fully saturated rings. The summed E-state index contributed by atoms with van der Waals surface area (Å²) < 4.78 is 37.9. The normalized spacial score (nSPS) is 32.6. The molecule has 0 aliphatic carbocycles. The summed E-state index contributed by atoms with van der Waals surface area (Å²) in [5.41, 5.74) is -2.38. The van der Waals surface area contributed by atoms with Crippen LogP contribution in [0.1, 0.15) is 33.6 Å². The fourth-order valence-corrected chi connectivity index (χ4v) is 4.17. The number of ether oxygens (including phenoxy) is 7. The molecule has 3 aliphatic rings. The number of hydrogen-bond donors (Lipinski definition) is 1. The minimum atomic E-state index is -1.60. The van der Waals surface area contributed by atoms with Crippen LogP contribution in [0.3, 0.4) is 0 Å². The van der Waals surface area contributed by atoms with Crippen LogP contribution in [-0.2, 0) is 42.7 Å². The molecule has 0 spiro atoms. The third-order valence-corrected chi connectivity index (χ3v) is 5.36. The number of carbonyl (C=O) groups excluding carboxylic acids is 3. The lowest BCUT2D eigenvalue weighted by Crippen LogP contribution is -2.52. The van der Waals surface area contributed by atoms with Gasteiger partial charge >= 0.3 is 23.3 Å². The maximum atomic E-state index is 12.8. The van der Waals surface area contributed by atoms with E-state index < -0.39 is 59.7 Å². The summed E-state index contributed by atoms with van der Waals surface area (Å²) in [6.07, 6.45) is -3.25. The van der Waals surface area contributed by atoms with Crippen LogP contribution in [0.4, 0.5) is 4.79 Å². The lowest BCUT2D eigenvalue weighted by molar-refractivity contribution is -0.183. The molecule has 174 valence electrons. The molecule has 0 aromatic carbocycles. The number of alkyl carbamates (subject to hydrolysis) is 1. The zero-order valence-electron chi connectivity index (χ0n) is 18.0. The number of hydrogen-bond acceptors (Lipinski definition) is 11. The zero-order valence-corrected chi connectivity index (χ0v) is 18.8. The number of esters is 2. The smallest absolute Gasteiger partial charge is 0.408 e. The predicted octanol–water partition coefficient (Wildman–Crippen LogP) is 0.611. The van der Waals surface area contributed by atoms with Crippen LogP contribution < -0.4 is 5.32 Å². The van der Waals surface area contributed by atoms with Gasteiger partial charge in [0.15, 0.2) is 17.8 Å². The highest BCUT2D eigenvalue weighted by atomic mass is 32.1. The van der Waals surface area contributed by atoms with E-state index in [1.54, 1.807) is 20.8 Å². The highest BCUT2D eigenvalue weighted by molar-refractivity contribution is 7.79. The Morgan fingerprint density at radius 1 is 1.16 bits per heavy atom.